The number of benzene rings is 1. The van der Waals surface area contributed by atoms with Gasteiger partial charge in [0.25, 0.3) is 0 Å². The Morgan fingerprint density at radius 3 is 2.92 bits per heavy atom. The normalized spacial score (nSPS) is 10.2. The molecule has 0 aliphatic heterocycles. The standard InChI is InChI=1S/C10H14ClN/c1-2-6-12-8-9-4-3-5-10(11)7-9/h3-5,7,12H,2,6,8H2,1H3. The maximum absolute atomic E-state index is 5.83. The third kappa shape index (κ3) is 3.24. The van der Waals surface area contributed by atoms with E-state index in [1.54, 1.807) is 0 Å². The highest BCUT2D eigenvalue weighted by Crippen LogP contribution is 2.09. The van der Waals surface area contributed by atoms with Gasteiger partial charge in [0.2, 0.25) is 0 Å². The second kappa shape index (κ2) is 5.18. The van der Waals surface area contributed by atoms with Crippen molar-refractivity contribution in [2.24, 2.45) is 0 Å². The average molecular weight is 184 g/mol. The molecule has 1 nitrogen and oxygen atoms in total. The van der Waals surface area contributed by atoms with Gasteiger partial charge in [0.05, 0.1) is 0 Å². The van der Waals surface area contributed by atoms with E-state index in [1.807, 2.05) is 18.2 Å². The quantitative estimate of drug-likeness (QED) is 0.708. The van der Waals surface area contributed by atoms with E-state index >= 15 is 0 Å². The molecule has 0 amide bonds. The van der Waals surface area contributed by atoms with Crippen molar-refractivity contribution in [1.29, 1.82) is 0 Å². The topological polar surface area (TPSA) is 12.0 Å². The summed E-state index contributed by atoms with van der Waals surface area (Å²) < 4.78 is 0. The number of halogens is 1. The van der Waals surface area contributed by atoms with E-state index in [0.29, 0.717) is 0 Å². The molecular weight excluding hydrogens is 170 g/mol. The third-order valence-electron chi connectivity index (χ3n) is 1.64. The van der Waals surface area contributed by atoms with Crippen molar-refractivity contribution in [3.8, 4) is 0 Å². The van der Waals surface area contributed by atoms with E-state index < -0.39 is 0 Å². The molecule has 0 aliphatic rings. The summed E-state index contributed by atoms with van der Waals surface area (Å²) in [4.78, 5) is 0. The summed E-state index contributed by atoms with van der Waals surface area (Å²) in [7, 11) is 0. The third-order valence-corrected chi connectivity index (χ3v) is 1.88. The van der Waals surface area contributed by atoms with E-state index in [-0.39, 0.29) is 0 Å². The van der Waals surface area contributed by atoms with Gasteiger partial charge in [-0.3, -0.25) is 0 Å². The minimum atomic E-state index is 0.811. The minimum Gasteiger partial charge on any atom is -0.313 e. The van der Waals surface area contributed by atoms with Crippen molar-refractivity contribution in [1.82, 2.24) is 5.32 Å². The highest BCUT2D eigenvalue weighted by atomic mass is 35.5. The first-order chi connectivity index (χ1) is 5.83. The van der Waals surface area contributed by atoms with Crippen LogP contribution in [-0.2, 0) is 6.54 Å². The first-order valence-corrected chi connectivity index (χ1v) is 4.66. The van der Waals surface area contributed by atoms with E-state index in [0.717, 1.165) is 18.1 Å². The van der Waals surface area contributed by atoms with Crippen LogP contribution in [0.2, 0.25) is 5.02 Å². The Morgan fingerprint density at radius 1 is 1.42 bits per heavy atom. The van der Waals surface area contributed by atoms with Crippen LogP contribution in [0.3, 0.4) is 0 Å². The van der Waals surface area contributed by atoms with Crippen molar-refractivity contribution < 1.29 is 0 Å². The summed E-state index contributed by atoms with van der Waals surface area (Å²) in [5, 5.41) is 4.13. The van der Waals surface area contributed by atoms with Crippen molar-refractivity contribution in [2.45, 2.75) is 19.9 Å². The number of nitrogens with one attached hydrogen (secondary N) is 1. The molecule has 0 aliphatic carbocycles. The minimum absolute atomic E-state index is 0.811. The lowest BCUT2D eigenvalue weighted by molar-refractivity contribution is 0.675. The molecule has 0 saturated carbocycles. The molecule has 1 N–H and O–H groups in total. The Kier molecular flexibility index (Phi) is 4.12. The maximum Gasteiger partial charge on any atom is 0.0409 e. The molecule has 0 atom stereocenters. The molecule has 0 spiro atoms. The Balaban J connectivity index is 2.41. The lowest BCUT2D eigenvalue weighted by atomic mass is 10.2. The van der Waals surface area contributed by atoms with Gasteiger partial charge in [0.15, 0.2) is 0 Å². The Bertz CT molecular complexity index is 235. The van der Waals surface area contributed by atoms with Crippen LogP contribution >= 0.6 is 11.6 Å². The zero-order valence-corrected chi connectivity index (χ0v) is 8.06. The molecule has 0 radical (unpaired) electrons. The predicted octanol–water partition coefficient (Wildman–Crippen LogP) is 2.84. The average Bonchev–Trinajstić information content (AvgIpc) is 2.05. The van der Waals surface area contributed by atoms with Crippen molar-refractivity contribution in [3.63, 3.8) is 0 Å². The highest BCUT2D eigenvalue weighted by molar-refractivity contribution is 6.30. The SMILES string of the molecule is CCCNCc1cccc(Cl)c1. The molecule has 66 valence electrons. The zero-order valence-electron chi connectivity index (χ0n) is 7.31. The van der Waals surface area contributed by atoms with Gasteiger partial charge >= 0.3 is 0 Å². The molecule has 1 aromatic rings. The van der Waals surface area contributed by atoms with Crippen molar-refractivity contribution >= 4 is 11.6 Å². The fourth-order valence-corrected chi connectivity index (χ4v) is 1.27. The van der Waals surface area contributed by atoms with Gasteiger partial charge in [0, 0.05) is 11.6 Å². The summed E-state index contributed by atoms with van der Waals surface area (Å²) in [6, 6.07) is 7.94. The first kappa shape index (κ1) is 9.56. The van der Waals surface area contributed by atoms with Crippen molar-refractivity contribution in [3.05, 3.63) is 34.9 Å². The van der Waals surface area contributed by atoms with Crippen LogP contribution in [0.15, 0.2) is 24.3 Å². The van der Waals surface area contributed by atoms with Gasteiger partial charge in [-0.15, -0.1) is 0 Å². The van der Waals surface area contributed by atoms with E-state index in [4.69, 9.17) is 11.6 Å². The monoisotopic (exact) mass is 183 g/mol. The number of hydrogen-bond donors (Lipinski definition) is 1. The van der Waals surface area contributed by atoms with Gasteiger partial charge in [-0.05, 0) is 30.7 Å². The summed E-state index contributed by atoms with van der Waals surface area (Å²) in [5.41, 5.74) is 1.25. The lowest BCUT2D eigenvalue weighted by Crippen LogP contribution is -2.13. The Hall–Kier alpha value is -0.530. The summed E-state index contributed by atoms with van der Waals surface area (Å²) in [5.74, 6) is 0. The molecule has 0 aromatic heterocycles. The molecule has 0 saturated heterocycles. The predicted molar refractivity (Wildman–Crippen MR) is 53.4 cm³/mol. The van der Waals surface area contributed by atoms with E-state index in [2.05, 4.69) is 18.3 Å². The van der Waals surface area contributed by atoms with Crippen LogP contribution < -0.4 is 5.32 Å². The molecular formula is C10H14ClN. The van der Waals surface area contributed by atoms with Crippen LogP contribution in [0.5, 0.6) is 0 Å². The summed E-state index contributed by atoms with van der Waals surface area (Å²) in [6.45, 7) is 4.13. The number of rotatable bonds is 4. The second-order valence-corrected chi connectivity index (χ2v) is 3.24. The fourth-order valence-electron chi connectivity index (χ4n) is 1.06. The molecule has 0 fully saturated rings. The molecule has 0 unspecified atom stereocenters. The molecule has 0 bridgehead atoms. The largest absolute Gasteiger partial charge is 0.313 e. The molecule has 2 heteroatoms. The smallest absolute Gasteiger partial charge is 0.0409 e. The van der Waals surface area contributed by atoms with Crippen LogP contribution in [0.1, 0.15) is 18.9 Å². The summed E-state index contributed by atoms with van der Waals surface area (Å²) >= 11 is 5.83. The summed E-state index contributed by atoms with van der Waals surface area (Å²) in [6.07, 6.45) is 1.17. The van der Waals surface area contributed by atoms with Gasteiger partial charge in [-0.2, -0.15) is 0 Å². The lowest BCUT2D eigenvalue weighted by Gasteiger charge is -2.02. The molecule has 0 heterocycles. The zero-order chi connectivity index (χ0) is 8.81. The Morgan fingerprint density at radius 2 is 2.25 bits per heavy atom. The van der Waals surface area contributed by atoms with E-state index in [1.165, 1.54) is 12.0 Å². The highest BCUT2D eigenvalue weighted by Gasteiger charge is 1.91. The van der Waals surface area contributed by atoms with Gasteiger partial charge in [0.1, 0.15) is 0 Å². The molecule has 1 aromatic carbocycles. The van der Waals surface area contributed by atoms with E-state index in [9.17, 15) is 0 Å². The van der Waals surface area contributed by atoms with Crippen LogP contribution in [0, 0.1) is 0 Å². The molecule has 12 heavy (non-hydrogen) atoms. The number of hydrogen-bond acceptors (Lipinski definition) is 1. The van der Waals surface area contributed by atoms with Crippen LogP contribution in [0.25, 0.3) is 0 Å². The first-order valence-electron chi connectivity index (χ1n) is 4.28. The van der Waals surface area contributed by atoms with Crippen LogP contribution in [0.4, 0.5) is 0 Å². The van der Waals surface area contributed by atoms with Gasteiger partial charge in [-0.1, -0.05) is 30.7 Å². The second-order valence-electron chi connectivity index (χ2n) is 2.81. The van der Waals surface area contributed by atoms with Crippen LogP contribution in [-0.4, -0.2) is 6.54 Å². The molecule has 1 rings (SSSR count). The van der Waals surface area contributed by atoms with Gasteiger partial charge in [-0.25, -0.2) is 0 Å². The maximum atomic E-state index is 5.83. The fraction of sp³-hybridized carbons (Fsp3) is 0.400. The van der Waals surface area contributed by atoms with Crippen molar-refractivity contribution in [2.75, 3.05) is 6.54 Å². The Labute approximate surface area is 78.7 Å². The van der Waals surface area contributed by atoms with Gasteiger partial charge < -0.3 is 5.32 Å².